The first-order chi connectivity index (χ1) is 14.8. The van der Waals surface area contributed by atoms with Gasteiger partial charge in [0.1, 0.15) is 5.69 Å². The third-order valence-electron chi connectivity index (χ3n) is 5.18. The average molecular weight is 408 g/mol. The summed E-state index contributed by atoms with van der Waals surface area (Å²) in [6.07, 6.45) is 5.45. The van der Waals surface area contributed by atoms with E-state index in [0.29, 0.717) is 11.5 Å². The number of hydrogen-bond donors (Lipinski definition) is 2. The topological polar surface area (TPSA) is 83.1 Å². The van der Waals surface area contributed by atoms with Gasteiger partial charge >= 0.3 is 0 Å². The molecular weight excluding hydrogens is 392 g/mol. The Morgan fingerprint density at radius 2 is 1.93 bits per heavy atom. The molecule has 7 heteroatoms. The summed E-state index contributed by atoms with van der Waals surface area (Å²) in [5.74, 6) is 0.702. The summed E-state index contributed by atoms with van der Waals surface area (Å²) in [4.78, 5) is 19.4. The Balaban J connectivity index is 1.52. The number of pyridine rings is 2. The molecule has 0 radical (unpaired) electrons. The Morgan fingerprint density at radius 3 is 2.77 bits per heavy atom. The maximum absolute atomic E-state index is 4.74. The Hall–Kier alpha value is -3.84. The van der Waals surface area contributed by atoms with Crippen LogP contribution in [-0.4, -0.2) is 30.1 Å². The summed E-state index contributed by atoms with van der Waals surface area (Å²) < 4.78 is 0. The molecule has 0 spiro atoms. The Morgan fingerprint density at radius 1 is 0.967 bits per heavy atom. The molecule has 6 aromatic rings. The van der Waals surface area contributed by atoms with Crippen molar-refractivity contribution in [1.82, 2.24) is 30.1 Å². The van der Waals surface area contributed by atoms with Crippen LogP contribution >= 0.6 is 11.3 Å². The first kappa shape index (κ1) is 17.1. The van der Waals surface area contributed by atoms with Crippen molar-refractivity contribution in [2.75, 3.05) is 0 Å². The molecule has 0 unspecified atom stereocenters. The van der Waals surface area contributed by atoms with E-state index >= 15 is 0 Å². The summed E-state index contributed by atoms with van der Waals surface area (Å²) in [5.41, 5.74) is 6.60. The number of nitrogens with zero attached hydrogens (tertiary/aromatic N) is 4. The fourth-order valence-corrected chi connectivity index (χ4v) is 4.61. The van der Waals surface area contributed by atoms with E-state index in [1.54, 1.807) is 23.7 Å². The van der Waals surface area contributed by atoms with E-state index in [-0.39, 0.29) is 0 Å². The maximum atomic E-state index is 4.74. The SMILES string of the molecule is Cc1ccc(-c2ccnc3nc(-c4n[nH]c5ccc(-c6cccnc6)cc45)[nH]c23)s1. The summed E-state index contributed by atoms with van der Waals surface area (Å²) in [5, 5.41) is 8.66. The van der Waals surface area contributed by atoms with Crippen molar-refractivity contribution >= 4 is 33.4 Å². The normalized spacial score (nSPS) is 11.5. The molecular formula is C23H16N6S. The minimum Gasteiger partial charge on any atom is -0.335 e. The highest BCUT2D eigenvalue weighted by atomic mass is 32.1. The summed E-state index contributed by atoms with van der Waals surface area (Å²) in [7, 11) is 0. The molecule has 2 N–H and O–H groups in total. The predicted molar refractivity (Wildman–Crippen MR) is 120 cm³/mol. The van der Waals surface area contributed by atoms with E-state index in [4.69, 9.17) is 4.98 Å². The van der Waals surface area contributed by atoms with Crippen LogP contribution in [0.3, 0.4) is 0 Å². The largest absolute Gasteiger partial charge is 0.335 e. The Kier molecular flexibility index (Phi) is 3.75. The number of aromatic amines is 2. The van der Waals surface area contributed by atoms with E-state index in [0.717, 1.165) is 38.8 Å². The van der Waals surface area contributed by atoms with Crippen LogP contribution < -0.4 is 0 Å². The number of thiophene rings is 1. The molecule has 5 heterocycles. The van der Waals surface area contributed by atoms with Gasteiger partial charge in [0.25, 0.3) is 0 Å². The lowest BCUT2D eigenvalue weighted by molar-refractivity contribution is 1.10. The van der Waals surface area contributed by atoms with Gasteiger partial charge in [-0.1, -0.05) is 12.1 Å². The maximum Gasteiger partial charge on any atom is 0.178 e. The number of hydrogen-bond acceptors (Lipinski definition) is 5. The number of fused-ring (bicyclic) bond motifs is 2. The lowest BCUT2D eigenvalue weighted by Crippen LogP contribution is -1.83. The van der Waals surface area contributed by atoms with Crippen molar-refractivity contribution in [3.05, 3.63) is 72.0 Å². The van der Waals surface area contributed by atoms with E-state index in [2.05, 4.69) is 56.3 Å². The second-order valence-corrected chi connectivity index (χ2v) is 8.42. The van der Waals surface area contributed by atoms with Crippen LogP contribution in [0.5, 0.6) is 0 Å². The van der Waals surface area contributed by atoms with Crippen molar-refractivity contribution in [2.45, 2.75) is 6.92 Å². The third-order valence-corrected chi connectivity index (χ3v) is 6.21. The number of aryl methyl sites for hydroxylation is 1. The summed E-state index contributed by atoms with van der Waals surface area (Å²) in [6.45, 7) is 2.11. The minimum atomic E-state index is 0.688. The molecule has 0 aliphatic carbocycles. The van der Waals surface area contributed by atoms with E-state index < -0.39 is 0 Å². The second kappa shape index (κ2) is 6.60. The first-order valence-corrected chi connectivity index (χ1v) is 10.4. The molecule has 0 bridgehead atoms. The zero-order chi connectivity index (χ0) is 20.1. The van der Waals surface area contributed by atoms with Gasteiger partial charge in [0, 0.05) is 44.9 Å². The molecule has 0 fully saturated rings. The van der Waals surface area contributed by atoms with Crippen LogP contribution in [0.25, 0.3) is 55.2 Å². The van der Waals surface area contributed by atoms with Gasteiger partial charge in [-0.2, -0.15) is 5.10 Å². The molecule has 144 valence electrons. The van der Waals surface area contributed by atoms with Gasteiger partial charge in [-0.25, -0.2) is 9.97 Å². The Labute approximate surface area is 175 Å². The Bertz CT molecular complexity index is 1510. The van der Waals surface area contributed by atoms with Crippen LogP contribution in [0, 0.1) is 6.92 Å². The van der Waals surface area contributed by atoms with Gasteiger partial charge in [0.15, 0.2) is 11.5 Å². The predicted octanol–water partition coefficient (Wildman–Crippen LogP) is 5.60. The lowest BCUT2D eigenvalue weighted by Gasteiger charge is -2.01. The average Bonchev–Trinajstić information content (AvgIpc) is 3.51. The highest BCUT2D eigenvalue weighted by Gasteiger charge is 2.16. The van der Waals surface area contributed by atoms with Crippen molar-refractivity contribution in [2.24, 2.45) is 0 Å². The number of aromatic nitrogens is 6. The number of rotatable bonds is 3. The van der Waals surface area contributed by atoms with Gasteiger partial charge in [0.2, 0.25) is 0 Å². The van der Waals surface area contributed by atoms with Crippen molar-refractivity contribution in [3.8, 4) is 33.1 Å². The zero-order valence-corrected chi connectivity index (χ0v) is 16.9. The molecule has 6 rings (SSSR count). The standard InChI is InChI=1S/C23H16N6S/c1-13-4-7-19(30-13)16-8-10-25-22-20(16)26-23(27-22)21-17-11-14(5-6-18(17)28-29-21)15-3-2-9-24-12-15/h2-12H,1H3,(H,28,29)(H,25,26,27). The molecule has 0 atom stereocenters. The molecule has 0 aliphatic rings. The smallest absolute Gasteiger partial charge is 0.178 e. The van der Waals surface area contributed by atoms with Crippen molar-refractivity contribution in [1.29, 1.82) is 0 Å². The van der Waals surface area contributed by atoms with Gasteiger partial charge < -0.3 is 4.98 Å². The van der Waals surface area contributed by atoms with Crippen LogP contribution in [0.4, 0.5) is 0 Å². The fourth-order valence-electron chi connectivity index (χ4n) is 3.72. The van der Waals surface area contributed by atoms with E-state index in [1.165, 1.54) is 9.75 Å². The van der Waals surface area contributed by atoms with Crippen LogP contribution in [0.1, 0.15) is 4.88 Å². The molecule has 0 saturated carbocycles. The molecule has 0 amide bonds. The van der Waals surface area contributed by atoms with Gasteiger partial charge in [0.05, 0.1) is 11.0 Å². The quantitative estimate of drug-likeness (QED) is 0.399. The van der Waals surface area contributed by atoms with E-state index in [9.17, 15) is 0 Å². The molecule has 6 nitrogen and oxygen atoms in total. The zero-order valence-electron chi connectivity index (χ0n) is 16.0. The van der Waals surface area contributed by atoms with Gasteiger partial charge in [-0.05, 0) is 48.9 Å². The van der Waals surface area contributed by atoms with Gasteiger partial charge in [-0.15, -0.1) is 11.3 Å². The number of benzene rings is 1. The van der Waals surface area contributed by atoms with Crippen LogP contribution in [-0.2, 0) is 0 Å². The fraction of sp³-hybridized carbons (Fsp3) is 0.0435. The van der Waals surface area contributed by atoms with Crippen LogP contribution in [0.2, 0.25) is 0 Å². The monoisotopic (exact) mass is 408 g/mol. The molecule has 0 saturated heterocycles. The molecule has 30 heavy (non-hydrogen) atoms. The van der Waals surface area contributed by atoms with Gasteiger partial charge in [-0.3, -0.25) is 10.1 Å². The lowest BCUT2D eigenvalue weighted by atomic mass is 10.0. The minimum absolute atomic E-state index is 0.688. The van der Waals surface area contributed by atoms with Crippen LogP contribution in [0.15, 0.2) is 67.1 Å². The van der Waals surface area contributed by atoms with Crippen molar-refractivity contribution in [3.63, 3.8) is 0 Å². The highest BCUT2D eigenvalue weighted by molar-refractivity contribution is 7.15. The molecule has 0 aliphatic heterocycles. The number of imidazole rings is 1. The number of nitrogens with one attached hydrogen (secondary N) is 2. The molecule has 1 aromatic carbocycles. The summed E-state index contributed by atoms with van der Waals surface area (Å²) in [6, 6.07) is 16.5. The first-order valence-electron chi connectivity index (χ1n) is 9.57. The van der Waals surface area contributed by atoms with Crippen molar-refractivity contribution < 1.29 is 0 Å². The second-order valence-electron chi connectivity index (χ2n) is 7.13. The number of H-pyrrole nitrogens is 2. The third kappa shape index (κ3) is 2.71. The molecule has 5 aromatic heterocycles. The summed E-state index contributed by atoms with van der Waals surface area (Å²) >= 11 is 1.76. The van der Waals surface area contributed by atoms with E-state index in [1.807, 2.05) is 30.5 Å². The highest BCUT2D eigenvalue weighted by Crippen LogP contribution is 2.34.